The zero-order valence-corrected chi connectivity index (χ0v) is 9.00. The molecular formula is C11H24O2. The lowest BCUT2D eigenvalue weighted by Crippen LogP contribution is -2.15. The molecule has 0 radical (unpaired) electrons. The van der Waals surface area contributed by atoms with Crippen LogP contribution < -0.4 is 0 Å². The van der Waals surface area contributed by atoms with E-state index >= 15 is 0 Å². The lowest BCUT2D eigenvalue weighted by Gasteiger charge is -2.19. The molecule has 2 N–H and O–H groups in total. The summed E-state index contributed by atoms with van der Waals surface area (Å²) in [5.41, 5.74) is 0. The van der Waals surface area contributed by atoms with Gasteiger partial charge in [-0.2, -0.15) is 0 Å². The van der Waals surface area contributed by atoms with Crippen LogP contribution in [-0.4, -0.2) is 23.4 Å². The molecule has 0 spiro atoms. The summed E-state index contributed by atoms with van der Waals surface area (Å²) in [6.45, 7) is 4.79. The summed E-state index contributed by atoms with van der Waals surface area (Å²) in [5.74, 6) is 0.783. The molecule has 0 amide bonds. The molecule has 80 valence electrons. The molecule has 2 nitrogen and oxygen atoms in total. The second-order valence-corrected chi connectivity index (χ2v) is 3.88. The first-order valence-corrected chi connectivity index (χ1v) is 5.50. The quantitative estimate of drug-likeness (QED) is 0.613. The summed E-state index contributed by atoms with van der Waals surface area (Å²) in [6.07, 6.45) is 5.46. The van der Waals surface area contributed by atoms with E-state index in [-0.39, 0.29) is 13.2 Å². The lowest BCUT2D eigenvalue weighted by atomic mass is 9.90. The fourth-order valence-electron chi connectivity index (χ4n) is 1.62. The molecule has 0 aromatic carbocycles. The van der Waals surface area contributed by atoms with Gasteiger partial charge in [0, 0.05) is 13.2 Å². The average Bonchev–Trinajstić information content (AvgIpc) is 2.19. The first-order valence-electron chi connectivity index (χ1n) is 5.50. The van der Waals surface area contributed by atoms with Crippen molar-refractivity contribution < 1.29 is 10.2 Å². The normalized spacial score (nSPS) is 15.7. The van der Waals surface area contributed by atoms with Crippen LogP contribution in [0.4, 0.5) is 0 Å². The van der Waals surface area contributed by atoms with Crippen molar-refractivity contribution in [2.24, 2.45) is 11.8 Å². The second kappa shape index (κ2) is 8.52. The van der Waals surface area contributed by atoms with Crippen molar-refractivity contribution in [2.45, 2.75) is 46.0 Å². The molecule has 0 saturated carbocycles. The van der Waals surface area contributed by atoms with Gasteiger partial charge >= 0.3 is 0 Å². The number of hydrogen-bond donors (Lipinski definition) is 2. The van der Waals surface area contributed by atoms with Gasteiger partial charge in [-0.1, -0.05) is 33.1 Å². The number of unbranched alkanes of at least 4 members (excludes halogenated alkanes) is 1. The zero-order chi connectivity index (χ0) is 10.1. The lowest BCUT2D eigenvalue weighted by molar-refractivity contribution is 0.152. The molecule has 0 aromatic heterocycles. The molecule has 2 atom stereocenters. The van der Waals surface area contributed by atoms with Crippen LogP contribution >= 0.6 is 0 Å². The molecule has 0 aliphatic rings. The highest BCUT2D eigenvalue weighted by Gasteiger charge is 2.13. The van der Waals surface area contributed by atoms with Crippen LogP contribution in [0.15, 0.2) is 0 Å². The topological polar surface area (TPSA) is 40.5 Å². The molecule has 0 rings (SSSR count). The highest BCUT2D eigenvalue weighted by atomic mass is 16.3. The van der Waals surface area contributed by atoms with Crippen LogP contribution in [-0.2, 0) is 0 Å². The van der Waals surface area contributed by atoms with Crippen molar-refractivity contribution in [2.75, 3.05) is 13.2 Å². The maximum absolute atomic E-state index is 9.11. The molecule has 0 fully saturated rings. The number of rotatable bonds is 8. The Morgan fingerprint density at radius 3 is 2.00 bits per heavy atom. The van der Waals surface area contributed by atoms with Crippen molar-refractivity contribution in [1.29, 1.82) is 0 Å². The van der Waals surface area contributed by atoms with Gasteiger partial charge in [0.25, 0.3) is 0 Å². The van der Waals surface area contributed by atoms with Crippen LogP contribution in [0.2, 0.25) is 0 Å². The first kappa shape index (κ1) is 12.9. The van der Waals surface area contributed by atoms with Gasteiger partial charge in [-0.3, -0.25) is 0 Å². The Morgan fingerprint density at radius 1 is 1.00 bits per heavy atom. The summed E-state index contributed by atoms with van der Waals surface area (Å²) < 4.78 is 0. The molecular weight excluding hydrogens is 164 g/mol. The van der Waals surface area contributed by atoms with Gasteiger partial charge in [0.1, 0.15) is 0 Å². The molecule has 2 unspecified atom stereocenters. The minimum atomic E-state index is 0.263. The van der Waals surface area contributed by atoms with Gasteiger partial charge in [-0.15, -0.1) is 0 Å². The fourth-order valence-corrected chi connectivity index (χ4v) is 1.62. The Hall–Kier alpha value is -0.0800. The molecule has 2 heteroatoms. The number of hydrogen-bond acceptors (Lipinski definition) is 2. The van der Waals surface area contributed by atoms with Crippen molar-refractivity contribution in [3.8, 4) is 0 Å². The summed E-state index contributed by atoms with van der Waals surface area (Å²) in [4.78, 5) is 0. The monoisotopic (exact) mass is 188 g/mol. The van der Waals surface area contributed by atoms with Gasteiger partial charge in [-0.05, 0) is 24.7 Å². The third-order valence-electron chi connectivity index (χ3n) is 2.73. The molecule has 0 aliphatic carbocycles. The van der Waals surface area contributed by atoms with E-state index in [2.05, 4.69) is 13.8 Å². The standard InChI is InChI=1S/C11H24O2/c1-3-5-6-11(9-13)7-10(4-2)8-12/h10-13H,3-9H2,1-2H3. The Bertz CT molecular complexity index is 100. The molecule has 13 heavy (non-hydrogen) atoms. The van der Waals surface area contributed by atoms with Crippen LogP contribution in [0.25, 0.3) is 0 Å². The Balaban J connectivity index is 3.67. The van der Waals surface area contributed by atoms with Gasteiger partial charge < -0.3 is 10.2 Å². The van der Waals surface area contributed by atoms with E-state index in [9.17, 15) is 0 Å². The molecule has 0 aromatic rings. The van der Waals surface area contributed by atoms with Gasteiger partial charge in [0.15, 0.2) is 0 Å². The fraction of sp³-hybridized carbons (Fsp3) is 1.00. The van der Waals surface area contributed by atoms with E-state index in [4.69, 9.17) is 10.2 Å². The van der Waals surface area contributed by atoms with E-state index < -0.39 is 0 Å². The predicted molar refractivity (Wildman–Crippen MR) is 55.6 cm³/mol. The highest BCUT2D eigenvalue weighted by molar-refractivity contribution is 4.64. The summed E-state index contributed by atoms with van der Waals surface area (Å²) in [5, 5.41) is 18.1. The largest absolute Gasteiger partial charge is 0.396 e. The molecule has 0 saturated heterocycles. The van der Waals surface area contributed by atoms with Gasteiger partial charge in [0.2, 0.25) is 0 Å². The van der Waals surface area contributed by atoms with Crippen molar-refractivity contribution in [1.82, 2.24) is 0 Å². The molecule has 0 heterocycles. The Morgan fingerprint density at radius 2 is 1.62 bits per heavy atom. The summed E-state index contributed by atoms with van der Waals surface area (Å²) in [6, 6.07) is 0. The zero-order valence-electron chi connectivity index (χ0n) is 9.00. The minimum Gasteiger partial charge on any atom is -0.396 e. The van der Waals surface area contributed by atoms with E-state index in [1.165, 1.54) is 12.8 Å². The third-order valence-corrected chi connectivity index (χ3v) is 2.73. The average molecular weight is 188 g/mol. The van der Waals surface area contributed by atoms with E-state index in [0.29, 0.717) is 11.8 Å². The first-order chi connectivity index (χ1) is 6.28. The maximum atomic E-state index is 9.11. The number of aliphatic hydroxyl groups excluding tert-OH is 2. The Labute approximate surface area is 82.0 Å². The summed E-state index contributed by atoms with van der Waals surface area (Å²) >= 11 is 0. The van der Waals surface area contributed by atoms with Crippen LogP contribution in [0, 0.1) is 11.8 Å². The highest BCUT2D eigenvalue weighted by Crippen LogP contribution is 2.19. The van der Waals surface area contributed by atoms with Crippen LogP contribution in [0.1, 0.15) is 46.0 Å². The molecule has 0 bridgehead atoms. The minimum absolute atomic E-state index is 0.263. The SMILES string of the molecule is CCCCC(CO)CC(CC)CO. The number of aliphatic hydroxyl groups is 2. The smallest absolute Gasteiger partial charge is 0.0459 e. The van der Waals surface area contributed by atoms with Gasteiger partial charge in [-0.25, -0.2) is 0 Å². The predicted octanol–water partition coefficient (Wildman–Crippen LogP) is 2.19. The van der Waals surface area contributed by atoms with Crippen LogP contribution in [0.3, 0.4) is 0 Å². The molecule has 0 aliphatic heterocycles. The third kappa shape index (κ3) is 6.05. The van der Waals surface area contributed by atoms with Crippen molar-refractivity contribution in [3.05, 3.63) is 0 Å². The van der Waals surface area contributed by atoms with E-state index in [1.54, 1.807) is 0 Å². The maximum Gasteiger partial charge on any atom is 0.0459 e. The van der Waals surface area contributed by atoms with Crippen molar-refractivity contribution >= 4 is 0 Å². The second-order valence-electron chi connectivity index (χ2n) is 3.88. The van der Waals surface area contributed by atoms with Crippen LogP contribution in [0.5, 0.6) is 0 Å². The Kier molecular flexibility index (Phi) is 8.46. The van der Waals surface area contributed by atoms with Gasteiger partial charge in [0.05, 0.1) is 0 Å². The van der Waals surface area contributed by atoms with Crippen molar-refractivity contribution in [3.63, 3.8) is 0 Å². The van der Waals surface area contributed by atoms with E-state index in [1.807, 2.05) is 0 Å². The summed E-state index contributed by atoms with van der Waals surface area (Å²) in [7, 11) is 0. The van der Waals surface area contributed by atoms with E-state index in [0.717, 1.165) is 19.3 Å².